The lowest BCUT2D eigenvalue weighted by molar-refractivity contribution is 0.819. The highest BCUT2D eigenvalue weighted by atomic mass is 32.1. The Hall–Kier alpha value is -1.45. The van der Waals surface area contributed by atoms with Crippen LogP contribution in [0.5, 0.6) is 0 Å². The maximum atomic E-state index is 4.36. The van der Waals surface area contributed by atoms with Crippen LogP contribution in [0.1, 0.15) is 16.7 Å². The van der Waals surface area contributed by atoms with Crippen molar-refractivity contribution >= 4 is 24.0 Å². The molecule has 0 aliphatic carbocycles. The Kier molecular flexibility index (Phi) is 4.51. The lowest BCUT2D eigenvalue weighted by atomic mass is 10.1. The van der Waals surface area contributed by atoms with Gasteiger partial charge in [0.05, 0.1) is 0 Å². The first-order valence-corrected chi connectivity index (χ1v) is 6.85. The highest BCUT2D eigenvalue weighted by Crippen LogP contribution is 2.26. The van der Waals surface area contributed by atoms with Crippen LogP contribution in [0, 0.1) is 13.8 Å². The molecule has 0 aliphatic heterocycles. The molecule has 0 aromatic heterocycles. The summed E-state index contributed by atoms with van der Waals surface area (Å²) in [4.78, 5) is 0.989. The van der Waals surface area contributed by atoms with E-state index in [2.05, 4.69) is 67.4 Å². The van der Waals surface area contributed by atoms with Crippen LogP contribution >= 0.6 is 12.6 Å². The third-order valence-electron chi connectivity index (χ3n) is 3.11. The number of thiol groups is 1. The second-order valence-electron chi connectivity index (χ2n) is 4.82. The number of aryl methyl sites for hydroxylation is 2. The van der Waals surface area contributed by atoms with Gasteiger partial charge in [0.1, 0.15) is 0 Å². The van der Waals surface area contributed by atoms with Gasteiger partial charge in [0.2, 0.25) is 0 Å². The second kappa shape index (κ2) is 6.13. The second-order valence-corrected chi connectivity index (χ2v) is 5.33. The Labute approximate surface area is 120 Å². The molecule has 0 radical (unpaired) electrons. The summed E-state index contributed by atoms with van der Waals surface area (Å²) in [6.45, 7) is 5.06. The minimum Gasteiger partial charge on any atom is -0.355 e. The monoisotopic (exact) mass is 272 g/mol. The molecule has 0 aliphatic rings. The van der Waals surface area contributed by atoms with E-state index < -0.39 is 0 Å². The third kappa shape index (κ3) is 3.52. The normalized spacial score (nSPS) is 10.5. The van der Waals surface area contributed by atoms with Crippen molar-refractivity contribution in [2.75, 3.05) is 12.4 Å². The van der Waals surface area contributed by atoms with E-state index in [-0.39, 0.29) is 0 Å². The van der Waals surface area contributed by atoms with Gasteiger partial charge in [0.25, 0.3) is 0 Å². The molecule has 0 heterocycles. The predicted molar refractivity (Wildman–Crippen MR) is 85.7 cm³/mol. The van der Waals surface area contributed by atoms with Gasteiger partial charge in [-0.15, -0.1) is 12.6 Å². The van der Waals surface area contributed by atoms with Gasteiger partial charge >= 0.3 is 0 Å². The molecule has 0 fully saturated rings. The molecule has 2 rings (SSSR count). The number of hydrogen-bond acceptors (Lipinski definition) is 3. The van der Waals surface area contributed by atoms with Crippen LogP contribution in [0.3, 0.4) is 0 Å². The van der Waals surface area contributed by atoms with E-state index in [1.165, 1.54) is 16.7 Å². The predicted octanol–water partition coefficient (Wildman–Crippen LogP) is 4.06. The molecule has 0 amide bonds. The van der Waals surface area contributed by atoms with Gasteiger partial charge in [-0.1, -0.05) is 12.1 Å². The Morgan fingerprint density at radius 2 is 1.79 bits per heavy atom. The molecule has 0 saturated heterocycles. The van der Waals surface area contributed by atoms with E-state index >= 15 is 0 Å². The van der Waals surface area contributed by atoms with Gasteiger partial charge in [-0.3, -0.25) is 0 Å². The highest BCUT2D eigenvalue weighted by Gasteiger charge is 2.05. The van der Waals surface area contributed by atoms with Crippen molar-refractivity contribution < 1.29 is 0 Å². The van der Waals surface area contributed by atoms with Crippen LogP contribution in [0.2, 0.25) is 0 Å². The molecule has 0 atom stereocenters. The van der Waals surface area contributed by atoms with Crippen molar-refractivity contribution in [1.29, 1.82) is 0 Å². The van der Waals surface area contributed by atoms with Crippen molar-refractivity contribution in [3.8, 4) is 0 Å². The zero-order valence-corrected chi connectivity index (χ0v) is 12.5. The molecule has 19 heavy (non-hydrogen) atoms. The number of nitrogens with one attached hydrogen (secondary N) is 2. The van der Waals surface area contributed by atoms with E-state index in [4.69, 9.17) is 0 Å². The molecule has 100 valence electrons. The minimum atomic E-state index is 0.853. The third-order valence-corrected chi connectivity index (χ3v) is 3.39. The van der Waals surface area contributed by atoms with Gasteiger partial charge in [0.15, 0.2) is 0 Å². The summed E-state index contributed by atoms with van der Waals surface area (Å²) in [5.41, 5.74) is 6.00. The van der Waals surface area contributed by atoms with Gasteiger partial charge in [-0.25, -0.2) is 0 Å². The zero-order valence-electron chi connectivity index (χ0n) is 11.6. The summed E-state index contributed by atoms with van der Waals surface area (Å²) in [6, 6.07) is 12.6. The molecule has 3 heteroatoms. The molecule has 0 bridgehead atoms. The van der Waals surface area contributed by atoms with E-state index in [9.17, 15) is 0 Å². The summed E-state index contributed by atoms with van der Waals surface area (Å²) < 4.78 is 0. The Morgan fingerprint density at radius 3 is 2.47 bits per heavy atom. The SMILES string of the molecule is CNCc1ccc(C)cc1Nc1ccc(S)cc1C. The van der Waals surface area contributed by atoms with Crippen molar-refractivity contribution in [2.45, 2.75) is 25.3 Å². The summed E-state index contributed by atoms with van der Waals surface area (Å²) >= 11 is 4.36. The Bertz CT molecular complexity index is 579. The van der Waals surface area contributed by atoms with E-state index in [1.54, 1.807) is 0 Å². The number of hydrogen-bond donors (Lipinski definition) is 3. The molecule has 0 unspecified atom stereocenters. The molecule has 2 N–H and O–H groups in total. The Balaban J connectivity index is 2.33. The molecule has 2 nitrogen and oxygen atoms in total. The average molecular weight is 272 g/mol. The lowest BCUT2D eigenvalue weighted by Crippen LogP contribution is -2.08. The number of rotatable bonds is 4. The quantitative estimate of drug-likeness (QED) is 0.731. The van der Waals surface area contributed by atoms with Gasteiger partial charge in [0, 0.05) is 22.8 Å². The van der Waals surface area contributed by atoms with Gasteiger partial charge < -0.3 is 10.6 Å². The highest BCUT2D eigenvalue weighted by molar-refractivity contribution is 7.80. The summed E-state index contributed by atoms with van der Waals surface area (Å²) in [6.07, 6.45) is 0. The van der Waals surface area contributed by atoms with Crippen LogP contribution in [0.4, 0.5) is 11.4 Å². The minimum absolute atomic E-state index is 0.853. The maximum Gasteiger partial charge on any atom is 0.0432 e. The van der Waals surface area contributed by atoms with Crippen molar-refractivity contribution in [3.63, 3.8) is 0 Å². The van der Waals surface area contributed by atoms with Crippen LogP contribution in [0.25, 0.3) is 0 Å². The van der Waals surface area contributed by atoms with E-state index in [0.717, 1.165) is 22.8 Å². The summed E-state index contributed by atoms with van der Waals surface area (Å²) in [5, 5.41) is 6.72. The molecular weight excluding hydrogens is 252 g/mol. The van der Waals surface area contributed by atoms with Gasteiger partial charge in [-0.05, 0) is 61.9 Å². The topological polar surface area (TPSA) is 24.1 Å². The van der Waals surface area contributed by atoms with E-state index in [0.29, 0.717) is 0 Å². The molecule has 0 saturated carbocycles. The van der Waals surface area contributed by atoms with Crippen molar-refractivity contribution in [3.05, 3.63) is 53.1 Å². The summed E-state index contributed by atoms with van der Waals surface area (Å²) in [7, 11) is 1.96. The summed E-state index contributed by atoms with van der Waals surface area (Å²) in [5.74, 6) is 0. The lowest BCUT2D eigenvalue weighted by Gasteiger charge is -2.15. The maximum absolute atomic E-state index is 4.36. The molecular formula is C16H20N2S. The van der Waals surface area contributed by atoms with Crippen LogP contribution in [-0.2, 0) is 6.54 Å². The van der Waals surface area contributed by atoms with Crippen molar-refractivity contribution in [2.24, 2.45) is 0 Å². The molecule has 2 aromatic carbocycles. The fraction of sp³-hybridized carbons (Fsp3) is 0.250. The smallest absolute Gasteiger partial charge is 0.0432 e. The first-order chi connectivity index (χ1) is 9.10. The Morgan fingerprint density at radius 1 is 1.00 bits per heavy atom. The van der Waals surface area contributed by atoms with Crippen LogP contribution in [0.15, 0.2) is 41.3 Å². The van der Waals surface area contributed by atoms with Gasteiger partial charge in [-0.2, -0.15) is 0 Å². The first-order valence-electron chi connectivity index (χ1n) is 6.41. The fourth-order valence-corrected chi connectivity index (χ4v) is 2.35. The number of anilines is 2. The molecule has 2 aromatic rings. The molecule has 0 spiro atoms. The van der Waals surface area contributed by atoms with E-state index in [1.807, 2.05) is 13.1 Å². The standard InChI is InChI=1S/C16H20N2S/c1-11-4-5-13(10-17-3)16(8-11)18-15-7-6-14(19)9-12(15)2/h4-9,17-19H,10H2,1-3H3. The van der Waals surface area contributed by atoms with Crippen molar-refractivity contribution in [1.82, 2.24) is 5.32 Å². The average Bonchev–Trinajstić information content (AvgIpc) is 2.36. The zero-order chi connectivity index (χ0) is 13.8. The van der Waals surface area contributed by atoms with Crippen LogP contribution < -0.4 is 10.6 Å². The van der Waals surface area contributed by atoms with Crippen LogP contribution in [-0.4, -0.2) is 7.05 Å². The fourth-order valence-electron chi connectivity index (χ4n) is 2.08. The number of benzene rings is 2. The largest absolute Gasteiger partial charge is 0.355 e. The first kappa shape index (κ1) is 14.0.